The van der Waals surface area contributed by atoms with Crippen LogP contribution in [0.15, 0.2) is 53.4 Å². The first kappa shape index (κ1) is 20.1. The second-order valence-corrected chi connectivity index (χ2v) is 7.81. The molecule has 0 aliphatic carbocycles. The van der Waals surface area contributed by atoms with Crippen molar-refractivity contribution in [3.05, 3.63) is 69.8 Å². The average molecular weight is 388 g/mol. The van der Waals surface area contributed by atoms with Crippen molar-refractivity contribution in [2.45, 2.75) is 11.3 Å². The lowest BCUT2D eigenvalue weighted by Gasteiger charge is -2.15. The molecule has 9 heteroatoms. The van der Waals surface area contributed by atoms with E-state index in [0.717, 1.165) is 13.2 Å². The first-order chi connectivity index (χ1) is 12.8. The van der Waals surface area contributed by atoms with Gasteiger partial charge in [-0.05, 0) is 30.2 Å². The molecule has 2 aromatic rings. The van der Waals surface area contributed by atoms with E-state index in [2.05, 4.69) is 0 Å². The number of carbonyl (C=O) groups is 1. The molecule has 0 aromatic heterocycles. The fourth-order valence-electron chi connectivity index (χ4n) is 2.58. The Hall–Kier alpha value is -3.25. The van der Waals surface area contributed by atoms with E-state index in [4.69, 9.17) is 10.00 Å². The summed E-state index contributed by atoms with van der Waals surface area (Å²) >= 11 is 0. The SMILES string of the molecule is COC(=O)[C@H](Cc1cccc(C#N)c1)CS(=O)(=O)c1cccc([N+](=O)[O-])c1. The number of hydrogen-bond donors (Lipinski definition) is 0. The van der Waals surface area contributed by atoms with Crippen LogP contribution in [0.2, 0.25) is 0 Å². The molecule has 0 radical (unpaired) electrons. The van der Waals surface area contributed by atoms with Crippen LogP contribution in [0.3, 0.4) is 0 Å². The predicted molar refractivity (Wildman–Crippen MR) is 95.5 cm³/mol. The van der Waals surface area contributed by atoms with Crippen molar-refractivity contribution in [1.29, 1.82) is 5.26 Å². The number of methoxy groups -OCH3 is 1. The van der Waals surface area contributed by atoms with Crippen LogP contribution >= 0.6 is 0 Å². The summed E-state index contributed by atoms with van der Waals surface area (Å²) in [6.07, 6.45) is 0.0519. The number of nitro groups is 1. The Kier molecular flexibility index (Phi) is 6.26. The summed E-state index contributed by atoms with van der Waals surface area (Å²) in [5.74, 6) is -2.31. The first-order valence-corrected chi connectivity index (χ1v) is 9.46. The van der Waals surface area contributed by atoms with Gasteiger partial charge in [-0.25, -0.2) is 8.42 Å². The summed E-state index contributed by atoms with van der Waals surface area (Å²) in [7, 11) is -2.82. The van der Waals surface area contributed by atoms with E-state index in [1.165, 1.54) is 18.2 Å². The molecule has 0 aliphatic heterocycles. The summed E-state index contributed by atoms with van der Waals surface area (Å²) in [5.41, 5.74) is 0.642. The van der Waals surface area contributed by atoms with Crippen molar-refractivity contribution in [2.75, 3.05) is 12.9 Å². The van der Waals surface area contributed by atoms with Crippen molar-refractivity contribution < 1.29 is 22.9 Å². The quantitative estimate of drug-likeness (QED) is 0.404. The van der Waals surface area contributed by atoms with Crippen molar-refractivity contribution in [2.24, 2.45) is 5.92 Å². The van der Waals surface area contributed by atoms with Gasteiger partial charge >= 0.3 is 5.97 Å². The number of benzene rings is 2. The third-order valence-electron chi connectivity index (χ3n) is 3.88. The number of rotatable bonds is 7. The van der Waals surface area contributed by atoms with Gasteiger partial charge in [-0.15, -0.1) is 0 Å². The Labute approximate surface area is 156 Å². The fraction of sp³-hybridized carbons (Fsp3) is 0.222. The number of sulfone groups is 1. The summed E-state index contributed by atoms with van der Waals surface area (Å²) in [6.45, 7) is 0. The number of carbonyl (C=O) groups excluding carboxylic acids is 1. The molecular weight excluding hydrogens is 372 g/mol. The molecule has 0 spiro atoms. The van der Waals surface area contributed by atoms with Crippen LogP contribution < -0.4 is 0 Å². The van der Waals surface area contributed by atoms with E-state index in [-0.39, 0.29) is 17.0 Å². The van der Waals surface area contributed by atoms with Gasteiger partial charge in [-0.3, -0.25) is 14.9 Å². The van der Waals surface area contributed by atoms with Gasteiger partial charge in [0.05, 0.1) is 40.2 Å². The fourth-order valence-corrected chi connectivity index (χ4v) is 4.14. The van der Waals surface area contributed by atoms with Crippen LogP contribution in [0, 0.1) is 27.4 Å². The van der Waals surface area contributed by atoms with Crippen LogP contribution in [-0.2, 0) is 25.8 Å². The van der Waals surface area contributed by atoms with E-state index < -0.39 is 32.4 Å². The molecule has 0 heterocycles. The third kappa shape index (κ3) is 5.12. The van der Waals surface area contributed by atoms with Crippen molar-refractivity contribution in [3.63, 3.8) is 0 Å². The summed E-state index contributed by atoms with van der Waals surface area (Å²) < 4.78 is 30.0. The third-order valence-corrected chi connectivity index (χ3v) is 5.69. The zero-order chi connectivity index (χ0) is 20.0. The molecule has 0 N–H and O–H groups in total. The highest BCUT2D eigenvalue weighted by molar-refractivity contribution is 7.91. The molecule has 0 amide bonds. The van der Waals surface area contributed by atoms with Crippen LogP contribution in [0.5, 0.6) is 0 Å². The van der Waals surface area contributed by atoms with Crippen LogP contribution in [0.4, 0.5) is 5.69 Å². The molecule has 0 fully saturated rings. The van der Waals surface area contributed by atoms with Crippen molar-refractivity contribution in [1.82, 2.24) is 0 Å². The Morgan fingerprint density at radius 3 is 2.59 bits per heavy atom. The van der Waals surface area contributed by atoms with E-state index in [1.54, 1.807) is 24.3 Å². The minimum Gasteiger partial charge on any atom is -0.469 e. The maximum absolute atomic E-state index is 12.7. The molecule has 0 aliphatic rings. The van der Waals surface area contributed by atoms with Gasteiger partial charge in [-0.1, -0.05) is 18.2 Å². The summed E-state index contributed by atoms with van der Waals surface area (Å²) in [5, 5.41) is 19.8. The van der Waals surface area contributed by atoms with E-state index in [9.17, 15) is 23.3 Å². The van der Waals surface area contributed by atoms with Gasteiger partial charge in [0.15, 0.2) is 9.84 Å². The Balaban J connectivity index is 2.32. The number of hydrogen-bond acceptors (Lipinski definition) is 7. The highest BCUT2D eigenvalue weighted by Crippen LogP contribution is 2.22. The van der Waals surface area contributed by atoms with E-state index >= 15 is 0 Å². The molecular formula is C18H16N2O6S. The summed E-state index contributed by atoms with van der Waals surface area (Å²) in [6, 6.07) is 13.1. The normalized spacial score (nSPS) is 12.0. The average Bonchev–Trinajstić information content (AvgIpc) is 2.66. The van der Waals surface area contributed by atoms with Crippen molar-refractivity contribution >= 4 is 21.5 Å². The molecule has 2 rings (SSSR count). The van der Waals surface area contributed by atoms with Crippen LogP contribution in [-0.4, -0.2) is 32.2 Å². The standard InChI is InChI=1S/C18H16N2O6S/c1-26-18(21)15(9-13-4-2-5-14(8-13)11-19)12-27(24,25)17-7-3-6-16(10-17)20(22)23/h2-8,10,15H,9,12H2,1H3/t15-/m1/s1. The first-order valence-electron chi connectivity index (χ1n) is 7.81. The van der Waals surface area contributed by atoms with Gasteiger partial charge in [-0.2, -0.15) is 5.26 Å². The molecule has 8 nitrogen and oxygen atoms in total. The molecule has 0 unspecified atom stereocenters. The van der Waals surface area contributed by atoms with Crippen LogP contribution in [0.1, 0.15) is 11.1 Å². The maximum Gasteiger partial charge on any atom is 0.310 e. The summed E-state index contributed by atoms with van der Waals surface area (Å²) in [4.78, 5) is 22.0. The second kappa shape index (κ2) is 8.42. The van der Waals surface area contributed by atoms with Gasteiger partial charge in [0.1, 0.15) is 0 Å². The number of ether oxygens (including phenoxy) is 1. The van der Waals surface area contributed by atoms with Gasteiger partial charge in [0.2, 0.25) is 0 Å². The number of nitrogens with zero attached hydrogens (tertiary/aromatic N) is 2. The molecule has 2 aromatic carbocycles. The molecule has 140 valence electrons. The Morgan fingerprint density at radius 1 is 1.26 bits per heavy atom. The van der Waals surface area contributed by atoms with Crippen molar-refractivity contribution in [3.8, 4) is 6.07 Å². The lowest BCUT2D eigenvalue weighted by Crippen LogP contribution is -2.27. The van der Waals surface area contributed by atoms with E-state index in [1.807, 2.05) is 6.07 Å². The number of nitriles is 1. The number of esters is 1. The van der Waals surface area contributed by atoms with Gasteiger partial charge < -0.3 is 4.74 Å². The molecule has 27 heavy (non-hydrogen) atoms. The molecule has 1 atom stereocenters. The molecule has 0 saturated heterocycles. The largest absolute Gasteiger partial charge is 0.469 e. The Bertz CT molecular complexity index is 1010. The van der Waals surface area contributed by atoms with Gasteiger partial charge in [0, 0.05) is 12.1 Å². The molecule has 0 saturated carbocycles. The number of nitro benzene ring substituents is 1. The zero-order valence-corrected chi connectivity index (χ0v) is 15.2. The monoisotopic (exact) mass is 388 g/mol. The smallest absolute Gasteiger partial charge is 0.310 e. The zero-order valence-electron chi connectivity index (χ0n) is 14.4. The topological polar surface area (TPSA) is 127 Å². The highest BCUT2D eigenvalue weighted by Gasteiger charge is 2.29. The minimum absolute atomic E-state index is 0.0519. The predicted octanol–water partition coefficient (Wildman–Crippen LogP) is 2.27. The molecule has 0 bridgehead atoms. The number of non-ortho nitro benzene ring substituents is 1. The maximum atomic E-state index is 12.7. The lowest BCUT2D eigenvalue weighted by molar-refractivity contribution is -0.385. The minimum atomic E-state index is -3.98. The Morgan fingerprint density at radius 2 is 1.96 bits per heavy atom. The second-order valence-electron chi connectivity index (χ2n) is 5.77. The van der Waals surface area contributed by atoms with Gasteiger partial charge in [0.25, 0.3) is 5.69 Å². The van der Waals surface area contributed by atoms with E-state index in [0.29, 0.717) is 11.1 Å². The van der Waals surface area contributed by atoms with Crippen LogP contribution in [0.25, 0.3) is 0 Å². The highest BCUT2D eigenvalue weighted by atomic mass is 32.2. The lowest BCUT2D eigenvalue weighted by atomic mass is 10.00.